The molecule has 3 atom stereocenters. The molecule has 0 aliphatic carbocycles. The van der Waals surface area contributed by atoms with Gasteiger partial charge in [0.2, 0.25) is 0 Å². The number of ether oxygens (including phenoxy) is 1. The van der Waals surface area contributed by atoms with Crippen molar-refractivity contribution in [2.45, 2.75) is 52.1 Å². The highest BCUT2D eigenvalue weighted by molar-refractivity contribution is 5.73. The molecule has 1 saturated heterocycles. The summed E-state index contributed by atoms with van der Waals surface area (Å²) >= 11 is 0. The van der Waals surface area contributed by atoms with E-state index in [1.54, 1.807) is 0 Å². The van der Waals surface area contributed by atoms with Crippen LogP contribution in [0.15, 0.2) is 42.5 Å². The van der Waals surface area contributed by atoms with Gasteiger partial charge in [0.1, 0.15) is 0 Å². The maximum Gasteiger partial charge on any atom is 0.310 e. The number of likely N-dealkylation sites (tertiary alicyclic amines) is 1. The van der Waals surface area contributed by atoms with E-state index in [9.17, 15) is 4.79 Å². The number of carbonyl (C=O) groups is 1. The molecule has 0 saturated carbocycles. The second-order valence-corrected chi connectivity index (χ2v) is 6.20. The van der Waals surface area contributed by atoms with Crippen LogP contribution in [0, 0.1) is 5.92 Å². The molecule has 3 nitrogen and oxygen atoms in total. The molecule has 0 unspecified atom stereocenters. The molecule has 0 radical (unpaired) electrons. The van der Waals surface area contributed by atoms with Gasteiger partial charge in [-0.05, 0) is 52.1 Å². The molecule has 0 amide bonds. The maximum absolute atomic E-state index is 12.5. The van der Waals surface area contributed by atoms with Gasteiger partial charge in [-0.3, -0.25) is 9.69 Å². The lowest BCUT2D eigenvalue weighted by Gasteiger charge is -2.34. The summed E-state index contributed by atoms with van der Waals surface area (Å²) < 4.78 is 5.35. The van der Waals surface area contributed by atoms with E-state index < -0.39 is 0 Å². The zero-order valence-electron chi connectivity index (χ0n) is 14.6. The van der Waals surface area contributed by atoms with Crippen LogP contribution in [0.25, 0.3) is 0 Å². The highest BCUT2D eigenvalue weighted by atomic mass is 16.5. The lowest BCUT2D eigenvalue weighted by atomic mass is 9.92. The average Bonchev–Trinajstić information content (AvgIpc) is 3.05. The number of carbonyl (C=O) groups excluding carboxylic acids is 1. The SMILES string of the molecule is C/C=C/C[C@@H](C(=O)OCC)[C@H]1CCCN1[C@@H](C)c1ccccc1. The summed E-state index contributed by atoms with van der Waals surface area (Å²) in [4.78, 5) is 14.9. The van der Waals surface area contributed by atoms with E-state index in [0.29, 0.717) is 12.6 Å². The molecular formula is C20H29NO2. The lowest BCUT2D eigenvalue weighted by Crippen LogP contribution is -2.41. The molecule has 1 heterocycles. The molecule has 1 fully saturated rings. The van der Waals surface area contributed by atoms with Crippen LogP contribution >= 0.6 is 0 Å². The Labute approximate surface area is 140 Å². The Hall–Kier alpha value is -1.61. The molecule has 3 heteroatoms. The highest BCUT2D eigenvalue weighted by Gasteiger charge is 2.38. The average molecular weight is 315 g/mol. The van der Waals surface area contributed by atoms with E-state index in [0.717, 1.165) is 25.8 Å². The summed E-state index contributed by atoms with van der Waals surface area (Å²) in [7, 11) is 0. The van der Waals surface area contributed by atoms with Crippen molar-refractivity contribution in [3.8, 4) is 0 Å². The Morgan fingerprint density at radius 2 is 2.13 bits per heavy atom. The molecule has 0 N–H and O–H groups in total. The minimum Gasteiger partial charge on any atom is -0.466 e. The molecule has 1 aliphatic rings. The van der Waals surface area contributed by atoms with Gasteiger partial charge in [0.05, 0.1) is 12.5 Å². The topological polar surface area (TPSA) is 29.5 Å². The second kappa shape index (κ2) is 8.88. The Balaban J connectivity index is 2.18. The van der Waals surface area contributed by atoms with E-state index >= 15 is 0 Å². The largest absolute Gasteiger partial charge is 0.466 e. The molecular weight excluding hydrogens is 286 g/mol. The van der Waals surface area contributed by atoms with Crippen LogP contribution in [0.1, 0.15) is 51.6 Å². The third kappa shape index (κ3) is 4.44. The molecule has 2 rings (SSSR count). The molecule has 23 heavy (non-hydrogen) atoms. The Bertz CT molecular complexity index is 512. The summed E-state index contributed by atoms with van der Waals surface area (Å²) in [5.41, 5.74) is 1.31. The quantitative estimate of drug-likeness (QED) is 0.553. The normalized spacial score (nSPS) is 21.4. The second-order valence-electron chi connectivity index (χ2n) is 6.20. The fourth-order valence-electron chi connectivity index (χ4n) is 3.59. The van der Waals surface area contributed by atoms with Crippen LogP contribution in [-0.4, -0.2) is 30.1 Å². The predicted molar refractivity (Wildman–Crippen MR) is 94.1 cm³/mol. The van der Waals surface area contributed by atoms with Crippen LogP contribution in [-0.2, 0) is 9.53 Å². The fraction of sp³-hybridized carbons (Fsp3) is 0.550. The molecule has 0 aromatic heterocycles. The van der Waals surface area contributed by atoms with Crippen molar-refractivity contribution < 1.29 is 9.53 Å². The zero-order valence-corrected chi connectivity index (χ0v) is 14.6. The van der Waals surface area contributed by atoms with Crippen molar-refractivity contribution in [2.75, 3.05) is 13.2 Å². The van der Waals surface area contributed by atoms with Gasteiger partial charge in [0.25, 0.3) is 0 Å². The van der Waals surface area contributed by atoms with E-state index in [1.165, 1.54) is 5.56 Å². The molecule has 1 aromatic carbocycles. The van der Waals surface area contributed by atoms with Crippen molar-refractivity contribution in [2.24, 2.45) is 5.92 Å². The van der Waals surface area contributed by atoms with Gasteiger partial charge in [0, 0.05) is 12.1 Å². The van der Waals surface area contributed by atoms with Crippen molar-refractivity contribution in [1.29, 1.82) is 0 Å². The van der Waals surface area contributed by atoms with Crippen molar-refractivity contribution in [3.63, 3.8) is 0 Å². The number of allylic oxidation sites excluding steroid dienone is 2. The Morgan fingerprint density at radius 3 is 2.78 bits per heavy atom. The van der Waals surface area contributed by atoms with Crippen molar-refractivity contribution in [1.82, 2.24) is 4.90 Å². The Morgan fingerprint density at radius 1 is 1.39 bits per heavy atom. The number of rotatable bonds is 7. The van der Waals surface area contributed by atoms with Gasteiger partial charge in [-0.25, -0.2) is 0 Å². The predicted octanol–water partition coefficient (Wildman–Crippen LogP) is 4.36. The minimum atomic E-state index is -0.0696. The first-order chi connectivity index (χ1) is 11.2. The van der Waals surface area contributed by atoms with Gasteiger partial charge in [-0.2, -0.15) is 0 Å². The van der Waals surface area contributed by atoms with Crippen LogP contribution in [0.3, 0.4) is 0 Å². The molecule has 126 valence electrons. The monoisotopic (exact) mass is 315 g/mol. The van der Waals surface area contributed by atoms with Gasteiger partial charge >= 0.3 is 5.97 Å². The van der Waals surface area contributed by atoms with Gasteiger partial charge < -0.3 is 4.74 Å². The molecule has 1 aromatic rings. The lowest BCUT2D eigenvalue weighted by molar-refractivity contribution is -0.150. The first-order valence-electron chi connectivity index (χ1n) is 8.77. The number of hydrogen-bond acceptors (Lipinski definition) is 3. The Kier molecular flexibility index (Phi) is 6.85. The molecule has 1 aliphatic heterocycles. The minimum absolute atomic E-state index is 0.0530. The number of hydrogen-bond donors (Lipinski definition) is 0. The summed E-state index contributed by atoms with van der Waals surface area (Å²) in [6.07, 6.45) is 7.08. The molecule has 0 bridgehead atoms. The number of benzene rings is 1. The smallest absolute Gasteiger partial charge is 0.310 e. The zero-order chi connectivity index (χ0) is 16.7. The van der Waals surface area contributed by atoms with E-state index in [4.69, 9.17) is 4.74 Å². The van der Waals surface area contributed by atoms with Crippen LogP contribution < -0.4 is 0 Å². The van der Waals surface area contributed by atoms with Crippen LogP contribution in [0.4, 0.5) is 0 Å². The summed E-state index contributed by atoms with van der Waals surface area (Å²) in [6, 6.07) is 11.1. The third-order valence-electron chi connectivity index (χ3n) is 4.80. The molecule has 0 spiro atoms. The first-order valence-corrected chi connectivity index (χ1v) is 8.77. The summed E-state index contributed by atoms with van der Waals surface area (Å²) in [5, 5.41) is 0. The van der Waals surface area contributed by atoms with Crippen LogP contribution in [0.2, 0.25) is 0 Å². The highest BCUT2D eigenvalue weighted by Crippen LogP contribution is 2.34. The van der Waals surface area contributed by atoms with Crippen LogP contribution in [0.5, 0.6) is 0 Å². The number of nitrogens with zero attached hydrogens (tertiary/aromatic N) is 1. The van der Waals surface area contributed by atoms with Crippen molar-refractivity contribution >= 4 is 5.97 Å². The van der Waals surface area contributed by atoms with Crippen molar-refractivity contribution in [3.05, 3.63) is 48.0 Å². The summed E-state index contributed by atoms with van der Waals surface area (Å²) in [5.74, 6) is -0.123. The standard InChI is InChI=1S/C20H29NO2/c1-4-6-13-18(20(22)23-5-2)19-14-10-15-21(19)16(3)17-11-8-7-9-12-17/h4,6-9,11-12,16,18-19H,5,10,13-15H2,1-3H3/b6-4+/t16-,18+,19+/m0/s1. The van der Waals surface area contributed by atoms with E-state index in [1.807, 2.05) is 26.0 Å². The fourth-order valence-corrected chi connectivity index (χ4v) is 3.59. The summed E-state index contributed by atoms with van der Waals surface area (Å²) in [6.45, 7) is 7.62. The number of esters is 1. The van der Waals surface area contributed by atoms with Gasteiger partial charge in [0.15, 0.2) is 0 Å². The maximum atomic E-state index is 12.5. The van der Waals surface area contributed by atoms with E-state index in [2.05, 4.69) is 42.2 Å². The van der Waals surface area contributed by atoms with Gasteiger partial charge in [-0.1, -0.05) is 42.5 Å². The van der Waals surface area contributed by atoms with Gasteiger partial charge in [-0.15, -0.1) is 0 Å². The first kappa shape index (κ1) is 17.7. The third-order valence-corrected chi connectivity index (χ3v) is 4.80. The van der Waals surface area contributed by atoms with E-state index in [-0.39, 0.29) is 17.9 Å².